The predicted octanol–water partition coefficient (Wildman–Crippen LogP) is 3.42. The molecule has 1 saturated carbocycles. The molecule has 2 nitrogen and oxygen atoms in total. The van der Waals surface area contributed by atoms with Gasteiger partial charge in [0.2, 0.25) is 0 Å². The van der Waals surface area contributed by atoms with Crippen molar-refractivity contribution in [2.45, 2.75) is 37.8 Å². The highest BCUT2D eigenvalue weighted by Gasteiger charge is 2.47. The first kappa shape index (κ1) is 15.1. The normalized spacial score (nSPS) is 30.9. The third-order valence-electron chi connectivity index (χ3n) is 5.11. The summed E-state index contributed by atoms with van der Waals surface area (Å²) in [6, 6.07) is 11.3. The number of hydrogen-bond donors (Lipinski definition) is 1. The first-order valence-electron chi connectivity index (χ1n) is 8.00. The van der Waals surface area contributed by atoms with Gasteiger partial charge in [-0.05, 0) is 37.7 Å². The van der Waals surface area contributed by atoms with Crippen LogP contribution in [0.15, 0.2) is 41.9 Å². The van der Waals surface area contributed by atoms with Crippen molar-refractivity contribution in [2.24, 2.45) is 5.92 Å². The van der Waals surface area contributed by atoms with Crippen LogP contribution in [0.2, 0.25) is 0 Å². The Kier molecular flexibility index (Phi) is 4.68. The molecule has 114 valence electrons. The average molecular weight is 305 g/mol. The van der Waals surface area contributed by atoms with Crippen molar-refractivity contribution < 1.29 is 0 Å². The van der Waals surface area contributed by atoms with Gasteiger partial charge in [0, 0.05) is 36.8 Å². The maximum atomic E-state index is 5.75. The predicted molar refractivity (Wildman–Crippen MR) is 89.6 cm³/mol. The minimum atomic E-state index is 0.295. The second kappa shape index (κ2) is 6.51. The summed E-state index contributed by atoms with van der Waals surface area (Å²) in [5, 5.41) is 3.79. The molecule has 0 radical (unpaired) electrons. The molecular formula is C18H25ClN2. The number of benzene rings is 1. The summed E-state index contributed by atoms with van der Waals surface area (Å²) >= 11 is 5.75. The molecule has 3 heteroatoms. The van der Waals surface area contributed by atoms with Crippen LogP contribution < -0.4 is 5.32 Å². The minimum Gasteiger partial charge on any atom is -0.311 e. The Balaban J connectivity index is 1.67. The lowest BCUT2D eigenvalue weighted by Crippen LogP contribution is -2.64. The van der Waals surface area contributed by atoms with E-state index in [1.54, 1.807) is 5.54 Å². The standard InChI is InChI=1S/C18H25ClN2/c1-18(16-8-9-16)14-20-17(13-21(18)11-5-10-19)12-15-6-3-2-4-7-15/h2-7,10,16-17,20H,8-9,11-14H2,1H3/b10-5+. The molecule has 1 N–H and O–H groups in total. The Labute approximate surface area is 133 Å². The summed E-state index contributed by atoms with van der Waals surface area (Å²) in [5.41, 5.74) is 3.36. The van der Waals surface area contributed by atoms with E-state index in [4.69, 9.17) is 11.6 Å². The highest BCUT2D eigenvalue weighted by Crippen LogP contribution is 2.44. The fourth-order valence-corrected chi connectivity index (χ4v) is 3.67. The maximum absolute atomic E-state index is 5.75. The maximum Gasteiger partial charge on any atom is 0.0337 e. The second-order valence-electron chi connectivity index (χ2n) is 6.67. The average Bonchev–Trinajstić information content (AvgIpc) is 3.34. The summed E-state index contributed by atoms with van der Waals surface area (Å²) < 4.78 is 0. The summed E-state index contributed by atoms with van der Waals surface area (Å²) in [4.78, 5) is 2.63. The Morgan fingerprint density at radius 2 is 2.10 bits per heavy atom. The van der Waals surface area contributed by atoms with Crippen LogP contribution in [0.3, 0.4) is 0 Å². The molecule has 2 atom stereocenters. The third kappa shape index (κ3) is 3.50. The zero-order valence-corrected chi connectivity index (χ0v) is 13.5. The smallest absolute Gasteiger partial charge is 0.0337 e. The van der Waals surface area contributed by atoms with Gasteiger partial charge in [-0.2, -0.15) is 0 Å². The van der Waals surface area contributed by atoms with Gasteiger partial charge in [0.05, 0.1) is 0 Å². The van der Waals surface area contributed by atoms with Crippen LogP contribution in [0, 0.1) is 5.92 Å². The van der Waals surface area contributed by atoms with Gasteiger partial charge in [-0.15, -0.1) is 0 Å². The van der Waals surface area contributed by atoms with Gasteiger partial charge < -0.3 is 5.32 Å². The zero-order valence-electron chi connectivity index (χ0n) is 12.8. The molecule has 1 saturated heterocycles. The summed E-state index contributed by atoms with van der Waals surface area (Å²) in [6.45, 7) is 5.57. The van der Waals surface area contributed by atoms with E-state index in [-0.39, 0.29) is 0 Å². The molecule has 1 aliphatic heterocycles. The van der Waals surface area contributed by atoms with Crippen molar-refractivity contribution >= 4 is 11.6 Å². The Morgan fingerprint density at radius 1 is 1.33 bits per heavy atom. The Bertz CT molecular complexity index is 483. The van der Waals surface area contributed by atoms with Gasteiger partial charge in [-0.25, -0.2) is 0 Å². The molecule has 2 fully saturated rings. The molecule has 3 rings (SSSR count). The first-order chi connectivity index (χ1) is 10.2. The lowest BCUT2D eigenvalue weighted by Gasteiger charge is -2.48. The van der Waals surface area contributed by atoms with Crippen molar-refractivity contribution in [1.82, 2.24) is 10.2 Å². The van der Waals surface area contributed by atoms with E-state index in [0.717, 1.165) is 32.0 Å². The lowest BCUT2D eigenvalue weighted by molar-refractivity contribution is 0.0459. The SMILES string of the molecule is CC1(C2CC2)CNC(Cc2ccccc2)CN1C/C=C/Cl. The van der Waals surface area contributed by atoms with Crippen molar-refractivity contribution in [3.63, 3.8) is 0 Å². The van der Waals surface area contributed by atoms with Gasteiger partial charge >= 0.3 is 0 Å². The van der Waals surface area contributed by atoms with E-state index < -0.39 is 0 Å². The lowest BCUT2D eigenvalue weighted by atomic mass is 9.88. The molecule has 1 aromatic carbocycles. The van der Waals surface area contributed by atoms with Crippen molar-refractivity contribution in [3.05, 3.63) is 47.5 Å². The monoisotopic (exact) mass is 304 g/mol. The quantitative estimate of drug-likeness (QED) is 0.896. The van der Waals surface area contributed by atoms with Crippen LogP contribution in [0.5, 0.6) is 0 Å². The molecule has 21 heavy (non-hydrogen) atoms. The van der Waals surface area contributed by atoms with E-state index in [0.29, 0.717) is 11.6 Å². The number of halogens is 1. The molecule has 1 heterocycles. The van der Waals surface area contributed by atoms with E-state index >= 15 is 0 Å². The van der Waals surface area contributed by atoms with Crippen LogP contribution in [-0.2, 0) is 6.42 Å². The molecule has 1 aromatic rings. The molecule has 0 bridgehead atoms. The number of rotatable bonds is 5. The van der Waals surface area contributed by atoms with E-state index in [9.17, 15) is 0 Å². The van der Waals surface area contributed by atoms with Crippen molar-refractivity contribution in [3.8, 4) is 0 Å². The number of piperazine rings is 1. The summed E-state index contributed by atoms with van der Waals surface area (Å²) in [5.74, 6) is 0.853. The molecule has 0 spiro atoms. The largest absolute Gasteiger partial charge is 0.311 e. The molecule has 0 aromatic heterocycles. The molecule has 0 amide bonds. The van der Waals surface area contributed by atoms with Gasteiger partial charge in [0.15, 0.2) is 0 Å². The topological polar surface area (TPSA) is 15.3 Å². The van der Waals surface area contributed by atoms with Gasteiger partial charge in [-0.3, -0.25) is 4.90 Å². The fourth-order valence-electron chi connectivity index (χ4n) is 3.60. The fraction of sp³-hybridized carbons (Fsp3) is 0.556. The van der Waals surface area contributed by atoms with Gasteiger partial charge in [0.25, 0.3) is 0 Å². The van der Waals surface area contributed by atoms with E-state index in [1.165, 1.54) is 18.4 Å². The van der Waals surface area contributed by atoms with Crippen molar-refractivity contribution in [1.29, 1.82) is 0 Å². The van der Waals surface area contributed by atoms with Crippen LogP contribution in [0.4, 0.5) is 0 Å². The summed E-state index contributed by atoms with van der Waals surface area (Å²) in [7, 11) is 0. The first-order valence-corrected chi connectivity index (χ1v) is 8.43. The van der Waals surface area contributed by atoms with Crippen LogP contribution >= 0.6 is 11.6 Å². The van der Waals surface area contributed by atoms with Crippen LogP contribution in [-0.4, -0.2) is 36.1 Å². The number of nitrogens with one attached hydrogen (secondary N) is 1. The summed E-state index contributed by atoms with van der Waals surface area (Å²) in [6.07, 6.45) is 5.93. The van der Waals surface area contributed by atoms with E-state index in [2.05, 4.69) is 53.5 Å². The minimum absolute atomic E-state index is 0.295. The van der Waals surface area contributed by atoms with Crippen molar-refractivity contribution in [2.75, 3.05) is 19.6 Å². The molecule has 2 aliphatic rings. The number of hydrogen-bond acceptors (Lipinski definition) is 2. The molecular weight excluding hydrogens is 280 g/mol. The highest BCUT2D eigenvalue weighted by atomic mass is 35.5. The number of nitrogens with zero attached hydrogens (tertiary/aromatic N) is 1. The molecule has 1 aliphatic carbocycles. The third-order valence-corrected chi connectivity index (χ3v) is 5.29. The van der Waals surface area contributed by atoms with Crippen LogP contribution in [0.1, 0.15) is 25.3 Å². The Hall–Kier alpha value is -0.830. The molecule has 2 unspecified atom stereocenters. The second-order valence-corrected chi connectivity index (χ2v) is 6.92. The van der Waals surface area contributed by atoms with Gasteiger partial charge in [0.1, 0.15) is 0 Å². The van der Waals surface area contributed by atoms with Gasteiger partial charge in [-0.1, -0.05) is 48.0 Å². The Morgan fingerprint density at radius 3 is 2.76 bits per heavy atom. The van der Waals surface area contributed by atoms with E-state index in [1.807, 2.05) is 0 Å². The van der Waals surface area contributed by atoms with Crippen LogP contribution in [0.25, 0.3) is 0 Å². The highest BCUT2D eigenvalue weighted by molar-refractivity contribution is 6.25. The zero-order chi connectivity index (χ0) is 14.7.